The number of benzene rings is 3. The first kappa shape index (κ1) is 22.0. The van der Waals surface area contributed by atoms with E-state index in [0.29, 0.717) is 17.0 Å². The normalized spacial score (nSPS) is 13.4. The van der Waals surface area contributed by atoms with Gasteiger partial charge >= 0.3 is 0 Å². The van der Waals surface area contributed by atoms with Crippen LogP contribution >= 0.6 is 7.29 Å². The van der Waals surface area contributed by atoms with Crippen molar-refractivity contribution in [1.82, 2.24) is 5.09 Å². The van der Waals surface area contributed by atoms with Crippen LogP contribution < -0.4 is 15.7 Å². The first-order valence-corrected chi connectivity index (χ1v) is 12.1. The van der Waals surface area contributed by atoms with Gasteiger partial charge in [-0.25, -0.2) is 0 Å². The molecule has 0 saturated heterocycles. The third-order valence-electron chi connectivity index (χ3n) is 5.30. The van der Waals surface area contributed by atoms with E-state index in [2.05, 4.69) is 5.09 Å². The molecule has 4 rings (SSSR count). The molecule has 0 unspecified atom stereocenters. The summed E-state index contributed by atoms with van der Waals surface area (Å²) < 4.78 is 19.7. The summed E-state index contributed by atoms with van der Waals surface area (Å²) in [6.07, 6.45) is 0.235. The molecule has 1 aromatic heterocycles. The monoisotopic (exact) mass is 445 g/mol. The second kappa shape index (κ2) is 9.92. The number of rotatable bonds is 9. The molecule has 5 nitrogen and oxygen atoms in total. The van der Waals surface area contributed by atoms with Gasteiger partial charge in [0.05, 0.1) is 12.3 Å². The number of carbonyl (C=O) groups is 1. The predicted molar refractivity (Wildman–Crippen MR) is 126 cm³/mol. The van der Waals surface area contributed by atoms with Crippen molar-refractivity contribution in [3.05, 3.63) is 121 Å². The summed E-state index contributed by atoms with van der Waals surface area (Å²) in [5.74, 6) is -0.497. The second-order valence-electron chi connectivity index (χ2n) is 7.49. The summed E-state index contributed by atoms with van der Waals surface area (Å²) in [5, 5.41) is 15.5. The lowest BCUT2D eigenvalue weighted by Crippen LogP contribution is -2.47. The minimum Gasteiger partial charge on any atom is -0.461 e. The molecular weight excluding hydrogens is 421 g/mol. The maximum atomic E-state index is 14.5. The van der Waals surface area contributed by atoms with Crippen molar-refractivity contribution in [3.8, 4) is 0 Å². The molecule has 0 spiro atoms. The first-order chi connectivity index (χ1) is 15.6. The van der Waals surface area contributed by atoms with Gasteiger partial charge in [-0.3, -0.25) is 14.4 Å². The van der Waals surface area contributed by atoms with Gasteiger partial charge in [-0.05, 0) is 48.4 Å². The van der Waals surface area contributed by atoms with Gasteiger partial charge in [0.1, 0.15) is 6.10 Å². The van der Waals surface area contributed by atoms with Gasteiger partial charge in [0.15, 0.2) is 5.76 Å². The highest BCUT2D eigenvalue weighted by molar-refractivity contribution is 7.76. The number of Topliss-reactive ketones (excluding diaryl/α,β-unsaturated/α-hetero) is 1. The van der Waals surface area contributed by atoms with E-state index in [1.165, 1.54) is 12.3 Å². The molecule has 0 fully saturated rings. The van der Waals surface area contributed by atoms with Crippen LogP contribution in [0, 0.1) is 0 Å². The van der Waals surface area contributed by atoms with Gasteiger partial charge in [-0.2, -0.15) is 0 Å². The van der Waals surface area contributed by atoms with Crippen LogP contribution in [0.2, 0.25) is 0 Å². The highest BCUT2D eigenvalue weighted by atomic mass is 31.2. The van der Waals surface area contributed by atoms with Crippen molar-refractivity contribution in [3.63, 3.8) is 0 Å². The van der Waals surface area contributed by atoms with Crippen LogP contribution in [-0.4, -0.2) is 23.0 Å². The molecule has 6 heteroatoms. The van der Waals surface area contributed by atoms with Gasteiger partial charge in [0.25, 0.3) is 0 Å². The topological polar surface area (TPSA) is 79.5 Å². The van der Waals surface area contributed by atoms with Crippen molar-refractivity contribution in [1.29, 1.82) is 0 Å². The molecule has 32 heavy (non-hydrogen) atoms. The van der Waals surface area contributed by atoms with Gasteiger partial charge in [0.2, 0.25) is 13.1 Å². The number of aliphatic hydroxyl groups excluding tert-OH is 1. The van der Waals surface area contributed by atoms with Crippen LogP contribution in [0.25, 0.3) is 0 Å². The van der Waals surface area contributed by atoms with Gasteiger partial charge in [-0.1, -0.05) is 66.7 Å². The van der Waals surface area contributed by atoms with Crippen molar-refractivity contribution < 1.29 is 18.9 Å². The van der Waals surface area contributed by atoms with E-state index in [-0.39, 0.29) is 5.76 Å². The zero-order valence-corrected chi connectivity index (χ0v) is 18.3. The first-order valence-electron chi connectivity index (χ1n) is 10.4. The molecular formula is C26H24NO4P. The predicted octanol–water partition coefficient (Wildman–Crippen LogP) is 3.95. The molecule has 4 aromatic rings. The SMILES string of the molecule is O=C(c1ccco1)[C@@H](O)[C@H](Cc1ccccc1)NP(=O)(c1ccccc1)c1ccccc1. The molecule has 0 radical (unpaired) electrons. The van der Waals surface area contributed by atoms with Crippen LogP contribution in [0.1, 0.15) is 16.1 Å². The van der Waals surface area contributed by atoms with E-state index < -0.39 is 25.2 Å². The molecule has 0 bridgehead atoms. The average Bonchev–Trinajstić information content (AvgIpc) is 3.39. The lowest BCUT2D eigenvalue weighted by molar-refractivity contribution is 0.0650. The summed E-state index contributed by atoms with van der Waals surface area (Å²) in [4.78, 5) is 12.9. The third-order valence-corrected chi connectivity index (χ3v) is 8.05. The Morgan fingerprint density at radius 2 is 1.34 bits per heavy atom. The van der Waals surface area contributed by atoms with Gasteiger partial charge in [-0.15, -0.1) is 0 Å². The quantitative estimate of drug-likeness (QED) is 0.301. The van der Waals surface area contributed by atoms with Crippen LogP contribution in [-0.2, 0) is 11.0 Å². The second-order valence-corrected chi connectivity index (χ2v) is 10.0. The zero-order valence-electron chi connectivity index (χ0n) is 17.4. The van der Waals surface area contributed by atoms with Crippen molar-refractivity contribution in [2.45, 2.75) is 18.6 Å². The fourth-order valence-corrected chi connectivity index (χ4v) is 6.13. The summed E-state index contributed by atoms with van der Waals surface area (Å²) >= 11 is 0. The van der Waals surface area contributed by atoms with Crippen molar-refractivity contribution >= 4 is 23.7 Å². The number of nitrogens with one attached hydrogen (secondary N) is 1. The molecule has 0 amide bonds. The van der Waals surface area contributed by atoms with Gasteiger partial charge in [0, 0.05) is 10.6 Å². The Kier molecular flexibility index (Phi) is 6.81. The molecule has 1 heterocycles. The summed E-state index contributed by atoms with van der Waals surface area (Å²) in [7, 11) is -3.38. The lowest BCUT2D eigenvalue weighted by Gasteiger charge is -2.29. The van der Waals surface area contributed by atoms with Crippen LogP contribution in [0.3, 0.4) is 0 Å². The average molecular weight is 445 g/mol. The molecule has 0 aliphatic carbocycles. The van der Waals surface area contributed by atoms with Crippen LogP contribution in [0.4, 0.5) is 0 Å². The van der Waals surface area contributed by atoms with Crippen LogP contribution in [0.15, 0.2) is 114 Å². The Bertz CT molecular complexity index is 1140. The van der Waals surface area contributed by atoms with Gasteiger partial charge < -0.3 is 9.52 Å². The third kappa shape index (κ3) is 4.81. The number of carbonyl (C=O) groups excluding carboxylic acids is 1. The van der Waals surface area contributed by atoms with E-state index in [0.717, 1.165) is 5.56 Å². The Morgan fingerprint density at radius 3 is 1.84 bits per heavy atom. The number of ketones is 1. The molecule has 2 atom stereocenters. The number of aliphatic hydroxyl groups is 1. The van der Waals surface area contributed by atoms with Crippen molar-refractivity contribution in [2.24, 2.45) is 0 Å². The maximum absolute atomic E-state index is 14.5. The summed E-state index contributed by atoms with van der Waals surface area (Å²) in [5.41, 5.74) is 0.906. The molecule has 3 aromatic carbocycles. The summed E-state index contributed by atoms with van der Waals surface area (Å²) in [6, 6.07) is 30.0. The standard InChI is InChI=1S/C26H24NO4P/c28-25(26(29)24-17-10-18-31-24)23(19-20-11-4-1-5-12-20)27-32(30,21-13-6-2-7-14-21)22-15-8-3-9-16-22/h1-18,23,25,28H,19H2,(H,27,30)/t23-,25-/m0/s1. The smallest absolute Gasteiger partial charge is 0.227 e. The Hall–Kier alpha value is -3.24. The van der Waals surface area contributed by atoms with Crippen LogP contribution in [0.5, 0.6) is 0 Å². The van der Waals surface area contributed by atoms with E-state index in [4.69, 9.17) is 4.42 Å². The van der Waals surface area contributed by atoms with E-state index >= 15 is 0 Å². The van der Waals surface area contributed by atoms with Crippen molar-refractivity contribution in [2.75, 3.05) is 0 Å². The molecule has 0 aliphatic heterocycles. The highest BCUT2D eigenvalue weighted by Gasteiger charge is 2.36. The fraction of sp³-hybridized carbons (Fsp3) is 0.115. The Morgan fingerprint density at radius 1 is 0.812 bits per heavy atom. The molecule has 2 N–H and O–H groups in total. The molecule has 0 aliphatic rings. The number of furan rings is 1. The number of hydrogen-bond acceptors (Lipinski definition) is 4. The zero-order chi connectivity index (χ0) is 22.4. The maximum Gasteiger partial charge on any atom is 0.227 e. The fourth-order valence-electron chi connectivity index (χ4n) is 3.65. The lowest BCUT2D eigenvalue weighted by atomic mass is 9.98. The molecule has 0 saturated carbocycles. The largest absolute Gasteiger partial charge is 0.461 e. The molecule has 162 valence electrons. The number of hydrogen-bond donors (Lipinski definition) is 2. The van der Waals surface area contributed by atoms with E-state index in [1.807, 2.05) is 66.7 Å². The Labute approximate surface area is 187 Å². The minimum absolute atomic E-state index is 0.0617. The van der Waals surface area contributed by atoms with E-state index in [1.54, 1.807) is 30.3 Å². The summed E-state index contributed by atoms with van der Waals surface area (Å²) in [6.45, 7) is 0. The minimum atomic E-state index is -3.38. The highest BCUT2D eigenvalue weighted by Crippen LogP contribution is 2.40. The Balaban J connectivity index is 1.75. The van der Waals surface area contributed by atoms with E-state index in [9.17, 15) is 14.5 Å².